The number of halogens is 1. The second-order valence-electron chi connectivity index (χ2n) is 5.65. The third kappa shape index (κ3) is 4.83. The van der Waals surface area contributed by atoms with E-state index in [4.69, 9.17) is 4.74 Å². The third-order valence-corrected chi connectivity index (χ3v) is 4.40. The number of nitrogens with one attached hydrogen (secondary N) is 1. The van der Waals surface area contributed by atoms with Crippen molar-refractivity contribution in [2.75, 3.05) is 0 Å². The van der Waals surface area contributed by atoms with Gasteiger partial charge in [-0.1, -0.05) is 24.3 Å². The molecular weight excluding hydrogens is 424 g/mol. The van der Waals surface area contributed by atoms with E-state index in [0.717, 1.165) is 0 Å². The van der Waals surface area contributed by atoms with E-state index in [0.29, 0.717) is 21.3 Å². The normalized spacial score (nSPS) is 10.6. The van der Waals surface area contributed by atoms with E-state index in [1.54, 1.807) is 54.6 Å². The van der Waals surface area contributed by atoms with Crippen molar-refractivity contribution in [2.45, 2.75) is 0 Å². The molecule has 0 fully saturated rings. The highest BCUT2D eigenvalue weighted by molar-refractivity contribution is 9.10. The SMILES string of the molecule is O=C(N/N=C\c1ccc(OC(=O)c2ccccc2Br)cc1)c1ccccc1O. The van der Waals surface area contributed by atoms with Crippen molar-refractivity contribution >= 4 is 34.0 Å². The van der Waals surface area contributed by atoms with Crippen molar-refractivity contribution in [3.05, 3.63) is 94.0 Å². The van der Waals surface area contributed by atoms with Crippen LogP contribution in [0.2, 0.25) is 0 Å². The minimum absolute atomic E-state index is 0.119. The average molecular weight is 439 g/mol. The zero-order valence-electron chi connectivity index (χ0n) is 14.5. The topological polar surface area (TPSA) is 88.0 Å². The molecule has 2 N–H and O–H groups in total. The first kappa shape index (κ1) is 19.3. The smallest absolute Gasteiger partial charge is 0.344 e. The monoisotopic (exact) mass is 438 g/mol. The molecule has 3 aromatic rings. The average Bonchev–Trinajstić information content (AvgIpc) is 2.70. The van der Waals surface area contributed by atoms with E-state index in [1.165, 1.54) is 18.3 Å². The first-order valence-electron chi connectivity index (χ1n) is 8.23. The Balaban J connectivity index is 1.59. The highest BCUT2D eigenvalue weighted by atomic mass is 79.9. The molecule has 0 radical (unpaired) electrons. The number of hydrogen-bond donors (Lipinski definition) is 2. The van der Waals surface area contributed by atoms with Crippen LogP contribution in [0.4, 0.5) is 0 Å². The van der Waals surface area contributed by atoms with Crippen LogP contribution in [0.15, 0.2) is 82.4 Å². The van der Waals surface area contributed by atoms with Gasteiger partial charge in [-0.05, 0) is 70.0 Å². The van der Waals surface area contributed by atoms with Crippen LogP contribution < -0.4 is 10.2 Å². The predicted molar refractivity (Wildman–Crippen MR) is 109 cm³/mol. The second kappa shape index (κ2) is 8.96. The summed E-state index contributed by atoms with van der Waals surface area (Å²) in [4.78, 5) is 24.1. The van der Waals surface area contributed by atoms with Crippen LogP contribution in [0.5, 0.6) is 11.5 Å². The molecule has 0 unspecified atom stereocenters. The minimum Gasteiger partial charge on any atom is -0.507 e. The maximum Gasteiger partial charge on any atom is 0.344 e. The number of benzene rings is 3. The number of ether oxygens (including phenoxy) is 1. The number of phenolic OH excluding ortho intramolecular Hbond substituents is 1. The van der Waals surface area contributed by atoms with E-state index in [9.17, 15) is 14.7 Å². The van der Waals surface area contributed by atoms with E-state index in [-0.39, 0.29) is 11.3 Å². The van der Waals surface area contributed by atoms with Crippen LogP contribution in [0.1, 0.15) is 26.3 Å². The Bertz CT molecular complexity index is 1030. The van der Waals surface area contributed by atoms with Crippen molar-refractivity contribution in [2.24, 2.45) is 5.10 Å². The van der Waals surface area contributed by atoms with Gasteiger partial charge >= 0.3 is 5.97 Å². The first-order valence-corrected chi connectivity index (χ1v) is 9.02. The van der Waals surface area contributed by atoms with E-state index in [2.05, 4.69) is 26.5 Å². The van der Waals surface area contributed by atoms with Gasteiger partial charge in [0.1, 0.15) is 11.5 Å². The standard InChI is InChI=1S/C21H15BrN2O4/c22-18-7-3-1-5-16(18)21(27)28-15-11-9-14(10-12-15)13-23-24-20(26)17-6-2-4-8-19(17)25/h1-13,25H,(H,24,26)/b23-13-. The van der Waals surface area contributed by atoms with Crippen molar-refractivity contribution < 1.29 is 19.4 Å². The summed E-state index contributed by atoms with van der Waals surface area (Å²) in [5.74, 6) is -0.722. The highest BCUT2D eigenvalue weighted by Crippen LogP contribution is 2.19. The van der Waals surface area contributed by atoms with Gasteiger partial charge in [0.05, 0.1) is 17.3 Å². The van der Waals surface area contributed by atoms with Crippen LogP contribution in [0.3, 0.4) is 0 Å². The molecule has 0 atom stereocenters. The molecule has 28 heavy (non-hydrogen) atoms. The minimum atomic E-state index is -0.520. The Hall–Kier alpha value is -3.45. The fourth-order valence-electron chi connectivity index (χ4n) is 2.30. The number of carbonyl (C=O) groups is 2. The Kier molecular flexibility index (Phi) is 6.18. The van der Waals surface area contributed by atoms with E-state index >= 15 is 0 Å². The Morgan fingerprint density at radius 2 is 1.57 bits per heavy atom. The largest absolute Gasteiger partial charge is 0.507 e. The fourth-order valence-corrected chi connectivity index (χ4v) is 2.75. The van der Waals surface area contributed by atoms with Gasteiger partial charge < -0.3 is 9.84 Å². The molecule has 0 saturated heterocycles. The van der Waals surface area contributed by atoms with Gasteiger partial charge in [0.2, 0.25) is 0 Å². The first-order chi connectivity index (χ1) is 13.5. The number of rotatable bonds is 5. The maximum atomic E-state index is 12.2. The van der Waals surface area contributed by atoms with E-state index in [1.807, 2.05) is 6.07 Å². The van der Waals surface area contributed by atoms with Gasteiger partial charge in [-0.3, -0.25) is 4.79 Å². The van der Waals surface area contributed by atoms with Crippen molar-refractivity contribution in [3.63, 3.8) is 0 Å². The van der Waals surface area contributed by atoms with Crippen LogP contribution in [-0.4, -0.2) is 23.2 Å². The van der Waals surface area contributed by atoms with Gasteiger partial charge in [0, 0.05) is 4.47 Å². The summed E-state index contributed by atoms with van der Waals surface area (Å²) in [7, 11) is 0. The van der Waals surface area contributed by atoms with Gasteiger partial charge in [0.15, 0.2) is 0 Å². The quantitative estimate of drug-likeness (QED) is 0.271. The van der Waals surface area contributed by atoms with Gasteiger partial charge in [0.25, 0.3) is 5.91 Å². The molecular formula is C21H15BrN2O4. The van der Waals surface area contributed by atoms with Crippen molar-refractivity contribution in [1.29, 1.82) is 0 Å². The molecule has 0 heterocycles. The molecule has 0 saturated carbocycles. The van der Waals surface area contributed by atoms with Crippen LogP contribution >= 0.6 is 15.9 Å². The summed E-state index contributed by atoms with van der Waals surface area (Å²) in [5, 5.41) is 13.5. The summed E-state index contributed by atoms with van der Waals surface area (Å²) in [6.45, 7) is 0. The molecule has 140 valence electrons. The molecule has 0 bridgehead atoms. The van der Waals surface area contributed by atoms with Crippen LogP contribution in [0, 0.1) is 0 Å². The predicted octanol–water partition coefficient (Wildman–Crippen LogP) is 4.14. The lowest BCUT2D eigenvalue weighted by Crippen LogP contribution is -2.17. The number of amides is 1. The summed E-state index contributed by atoms with van der Waals surface area (Å²) in [6, 6.07) is 19.8. The molecule has 3 aromatic carbocycles. The maximum absolute atomic E-state index is 12.2. The molecule has 0 spiro atoms. The summed E-state index contributed by atoms with van der Waals surface area (Å²) < 4.78 is 6.00. The molecule has 6 nitrogen and oxygen atoms in total. The Morgan fingerprint density at radius 3 is 2.25 bits per heavy atom. The van der Waals surface area contributed by atoms with Gasteiger partial charge in [-0.2, -0.15) is 5.10 Å². The Labute approximate surface area is 169 Å². The Morgan fingerprint density at radius 1 is 0.929 bits per heavy atom. The number of phenols is 1. The molecule has 1 amide bonds. The van der Waals surface area contributed by atoms with Gasteiger partial charge in [-0.25, -0.2) is 10.2 Å². The zero-order chi connectivity index (χ0) is 19.9. The lowest BCUT2D eigenvalue weighted by molar-refractivity contribution is 0.0733. The molecule has 3 rings (SSSR count). The van der Waals surface area contributed by atoms with Crippen molar-refractivity contribution in [3.8, 4) is 11.5 Å². The second-order valence-corrected chi connectivity index (χ2v) is 6.51. The molecule has 0 aromatic heterocycles. The summed E-state index contributed by atoms with van der Waals surface area (Å²) in [6.07, 6.45) is 1.44. The summed E-state index contributed by atoms with van der Waals surface area (Å²) >= 11 is 3.31. The highest BCUT2D eigenvalue weighted by Gasteiger charge is 2.12. The summed E-state index contributed by atoms with van der Waals surface area (Å²) in [5.41, 5.74) is 3.60. The number of hydrazone groups is 1. The van der Waals surface area contributed by atoms with Crippen molar-refractivity contribution in [1.82, 2.24) is 5.43 Å². The van der Waals surface area contributed by atoms with Crippen LogP contribution in [-0.2, 0) is 0 Å². The zero-order valence-corrected chi connectivity index (χ0v) is 16.1. The number of para-hydroxylation sites is 1. The van der Waals surface area contributed by atoms with Gasteiger partial charge in [-0.15, -0.1) is 0 Å². The number of aromatic hydroxyl groups is 1. The number of esters is 1. The number of nitrogens with zero attached hydrogens (tertiary/aromatic N) is 1. The van der Waals surface area contributed by atoms with Crippen LogP contribution in [0.25, 0.3) is 0 Å². The molecule has 7 heteroatoms. The fraction of sp³-hybridized carbons (Fsp3) is 0. The number of hydrogen-bond acceptors (Lipinski definition) is 5. The third-order valence-electron chi connectivity index (χ3n) is 3.71. The molecule has 0 aliphatic rings. The molecule has 0 aliphatic heterocycles. The lowest BCUT2D eigenvalue weighted by Gasteiger charge is -2.06. The number of carbonyl (C=O) groups excluding carboxylic acids is 2. The lowest BCUT2D eigenvalue weighted by atomic mass is 10.2. The molecule has 0 aliphatic carbocycles. The van der Waals surface area contributed by atoms with E-state index < -0.39 is 11.9 Å².